The maximum absolute atomic E-state index is 12.4. The van der Waals surface area contributed by atoms with Crippen LogP contribution in [0.2, 0.25) is 0 Å². The zero-order chi connectivity index (χ0) is 18.4. The van der Waals surface area contributed by atoms with E-state index in [1.165, 1.54) is 0 Å². The topological polar surface area (TPSA) is 91.4 Å². The van der Waals surface area contributed by atoms with Crippen LogP contribution in [0.25, 0.3) is 22.6 Å². The molecule has 6 nitrogen and oxygen atoms in total. The lowest BCUT2D eigenvalue weighted by Crippen LogP contribution is -2.04. The molecule has 3 N–H and O–H groups in total. The molecule has 0 bridgehead atoms. The van der Waals surface area contributed by atoms with Crippen molar-refractivity contribution in [1.29, 1.82) is 0 Å². The molecule has 0 fully saturated rings. The van der Waals surface area contributed by atoms with Crippen LogP contribution < -0.4 is 10.1 Å². The van der Waals surface area contributed by atoms with E-state index in [4.69, 9.17) is 4.74 Å². The molecule has 1 aliphatic heterocycles. The van der Waals surface area contributed by atoms with E-state index in [-0.39, 0.29) is 11.6 Å². The van der Waals surface area contributed by atoms with Crippen LogP contribution in [0, 0.1) is 6.92 Å². The normalized spacial score (nSPS) is 14.5. The number of aromatic amines is 1. The molecule has 0 saturated heterocycles. The van der Waals surface area contributed by atoms with Crippen LogP contribution in [-0.4, -0.2) is 29.1 Å². The van der Waals surface area contributed by atoms with E-state index in [0.717, 1.165) is 11.1 Å². The number of methoxy groups -OCH3 is 1. The van der Waals surface area contributed by atoms with Crippen LogP contribution in [0.4, 0.5) is 5.69 Å². The van der Waals surface area contributed by atoms with Gasteiger partial charge in [0, 0.05) is 33.3 Å². The molecule has 2 heterocycles. The predicted octanol–water partition coefficient (Wildman–Crippen LogP) is 3.68. The summed E-state index contributed by atoms with van der Waals surface area (Å²) in [6.07, 6.45) is 1.62. The van der Waals surface area contributed by atoms with E-state index >= 15 is 0 Å². The number of amides is 1. The Morgan fingerprint density at radius 2 is 2.00 bits per heavy atom. The second-order valence-electron chi connectivity index (χ2n) is 6.14. The number of anilines is 1. The Bertz CT molecular complexity index is 1110. The van der Waals surface area contributed by atoms with Crippen molar-refractivity contribution in [2.24, 2.45) is 0 Å². The van der Waals surface area contributed by atoms with Crippen molar-refractivity contribution in [3.05, 3.63) is 58.8 Å². The van der Waals surface area contributed by atoms with E-state index < -0.39 is 5.97 Å². The molecular weight excluding hydrogens is 332 g/mol. The third-order valence-electron chi connectivity index (χ3n) is 4.57. The van der Waals surface area contributed by atoms with Gasteiger partial charge < -0.3 is 20.1 Å². The second-order valence-corrected chi connectivity index (χ2v) is 6.14. The van der Waals surface area contributed by atoms with Gasteiger partial charge in [0.15, 0.2) is 0 Å². The van der Waals surface area contributed by atoms with Crippen molar-refractivity contribution in [2.75, 3.05) is 12.4 Å². The average Bonchev–Trinajstić information content (AvgIpc) is 3.12. The van der Waals surface area contributed by atoms with Gasteiger partial charge in [0.25, 0.3) is 5.91 Å². The largest absolute Gasteiger partial charge is 0.496 e. The molecule has 0 spiro atoms. The number of rotatable bonds is 3. The summed E-state index contributed by atoms with van der Waals surface area (Å²) in [6, 6.07) is 11.0. The highest BCUT2D eigenvalue weighted by atomic mass is 16.5. The quantitative estimate of drug-likeness (QED) is 0.630. The molecule has 2 aromatic carbocycles. The summed E-state index contributed by atoms with van der Waals surface area (Å²) in [5.74, 6) is -0.684. The van der Waals surface area contributed by atoms with Gasteiger partial charge in [-0.05, 0) is 36.8 Å². The van der Waals surface area contributed by atoms with Gasteiger partial charge in [0.1, 0.15) is 11.4 Å². The zero-order valence-electron chi connectivity index (χ0n) is 14.2. The summed E-state index contributed by atoms with van der Waals surface area (Å²) in [5.41, 5.74) is 3.96. The number of H-pyrrole nitrogens is 1. The Hall–Kier alpha value is -3.54. The summed E-state index contributed by atoms with van der Waals surface area (Å²) < 4.78 is 5.36. The summed E-state index contributed by atoms with van der Waals surface area (Å²) in [6.45, 7) is 1.89. The highest BCUT2D eigenvalue weighted by Crippen LogP contribution is 2.36. The van der Waals surface area contributed by atoms with E-state index in [9.17, 15) is 14.7 Å². The van der Waals surface area contributed by atoms with Crippen LogP contribution in [0.1, 0.15) is 27.2 Å². The third-order valence-corrected chi connectivity index (χ3v) is 4.57. The Kier molecular flexibility index (Phi) is 3.54. The SMILES string of the molecule is COc1cc2c(/C=C3/C(=O)Nc4ccccc43)c(C(=O)O)[nH]c2cc1C. The lowest BCUT2D eigenvalue weighted by Gasteiger charge is -2.05. The van der Waals surface area contributed by atoms with E-state index in [1.807, 2.05) is 37.3 Å². The highest BCUT2D eigenvalue weighted by Gasteiger charge is 2.25. The van der Waals surface area contributed by atoms with Crippen molar-refractivity contribution < 1.29 is 19.4 Å². The number of carbonyl (C=O) groups is 2. The number of carbonyl (C=O) groups excluding carboxylic acids is 1. The van der Waals surface area contributed by atoms with Crippen LogP contribution in [0.15, 0.2) is 36.4 Å². The number of hydrogen-bond acceptors (Lipinski definition) is 3. The molecule has 1 aromatic heterocycles. The second kappa shape index (κ2) is 5.77. The zero-order valence-corrected chi connectivity index (χ0v) is 14.2. The van der Waals surface area contributed by atoms with E-state index in [1.54, 1.807) is 19.3 Å². The van der Waals surface area contributed by atoms with Gasteiger partial charge in [0.2, 0.25) is 0 Å². The molecule has 0 radical (unpaired) electrons. The fourth-order valence-electron chi connectivity index (χ4n) is 3.32. The molecule has 0 saturated carbocycles. The van der Waals surface area contributed by atoms with Crippen LogP contribution in [-0.2, 0) is 4.79 Å². The minimum absolute atomic E-state index is 0.0392. The molecule has 6 heteroatoms. The lowest BCUT2D eigenvalue weighted by molar-refractivity contribution is -0.110. The number of aromatic carboxylic acids is 1. The molecular formula is C20H16N2O4. The molecule has 4 rings (SSSR count). The first-order valence-electron chi connectivity index (χ1n) is 8.05. The first-order chi connectivity index (χ1) is 12.5. The van der Waals surface area contributed by atoms with Crippen molar-refractivity contribution in [1.82, 2.24) is 4.98 Å². The molecule has 0 aliphatic carbocycles. The number of nitrogens with one attached hydrogen (secondary N) is 2. The molecule has 130 valence electrons. The van der Waals surface area contributed by atoms with Crippen molar-refractivity contribution in [3.8, 4) is 5.75 Å². The Labute approximate surface area is 149 Å². The van der Waals surface area contributed by atoms with Gasteiger partial charge in [0.05, 0.1) is 7.11 Å². The van der Waals surface area contributed by atoms with Gasteiger partial charge in [-0.1, -0.05) is 18.2 Å². The first kappa shape index (κ1) is 16.0. The maximum Gasteiger partial charge on any atom is 0.352 e. The minimum atomic E-state index is -1.09. The average molecular weight is 348 g/mol. The number of carboxylic acid groups (broad SMARTS) is 1. The van der Waals surface area contributed by atoms with E-state index in [0.29, 0.717) is 33.5 Å². The van der Waals surface area contributed by atoms with Crippen molar-refractivity contribution in [2.45, 2.75) is 6.92 Å². The Balaban J connectivity index is 2.00. The Morgan fingerprint density at radius 1 is 1.23 bits per heavy atom. The van der Waals surface area contributed by atoms with Crippen LogP contribution >= 0.6 is 0 Å². The van der Waals surface area contributed by atoms with Gasteiger partial charge >= 0.3 is 5.97 Å². The van der Waals surface area contributed by atoms with Gasteiger partial charge in [-0.25, -0.2) is 4.79 Å². The summed E-state index contributed by atoms with van der Waals surface area (Å²) in [7, 11) is 1.57. The number of hydrogen-bond donors (Lipinski definition) is 3. The molecule has 1 amide bonds. The predicted molar refractivity (Wildman–Crippen MR) is 99.5 cm³/mol. The number of ether oxygens (including phenoxy) is 1. The summed E-state index contributed by atoms with van der Waals surface area (Å²) in [4.78, 5) is 27.1. The summed E-state index contributed by atoms with van der Waals surface area (Å²) >= 11 is 0. The number of aromatic nitrogens is 1. The smallest absolute Gasteiger partial charge is 0.352 e. The number of carboxylic acids is 1. The number of aryl methyl sites for hydroxylation is 1. The molecule has 1 aliphatic rings. The minimum Gasteiger partial charge on any atom is -0.496 e. The van der Waals surface area contributed by atoms with Gasteiger partial charge in [-0.15, -0.1) is 0 Å². The monoisotopic (exact) mass is 348 g/mol. The van der Waals surface area contributed by atoms with Crippen LogP contribution in [0.3, 0.4) is 0 Å². The standard InChI is InChI=1S/C20H16N2O4/c1-10-7-16-12(9-17(10)26-2)13(18(21-16)20(24)25)8-14-11-5-3-4-6-15(11)22-19(14)23/h3-9,21H,1-2H3,(H,22,23)(H,24,25)/b14-8+. The van der Waals surface area contributed by atoms with E-state index in [2.05, 4.69) is 10.3 Å². The summed E-state index contributed by atoms with van der Waals surface area (Å²) in [5, 5.41) is 13.1. The van der Waals surface area contributed by atoms with Gasteiger partial charge in [-0.3, -0.25) is 4.79 Å². The number of benzene rings is 2. The Morgan fingerprint density at radius 3 is 2.73 bits per heavy atom. The fourth-order valence-corrected chi connectivity index (χ4v) is 3.32. The first-order valence-corrected chi connectivity index (χ1v) is 8.05. The molecule has 0 unspecified atom stereocenters. The highest BCUT2D eigenvalue weighted by molar-refractivity contribution is 6.35. The van der Waals surface area contributed by atoms with Crippen LogP contribution in [0.5, 0.6) is 5.75 Å². The maximum atomic E-state index is 12.4. The van der Waals surface area contributed by atoms with Gasteiger partial charge in [-0.2, -0.15) is 0 Å². The molecule has 26 heavy (non-hydrogen) atoms. The molecule has 0 atom stereocenters. The fraction of sp³-hybridized carbons (Fsp3) is 0.100. The lowest BCUT2D eigenvalue weighted by atomic mass is 10.0. The molecule has 3 aromatic rings. The number of para-hydroxylation sites is 1. The number of fused-ring (bicyclic) bond motifs is 2. The van der Waals surface area contributed by atoms with Crippen molar-refractivity contribution >= 4 is 40.1 Å². The van der Waals surface area contributed by atoms with Crippen molar-refractivity contribution in [3.63, 3.8) is 0 Å². The third kappa shape index (κ3) is 2.35.